The highest BCUT2D eigenvalue weighted by atomic mass is 15.2. The van der Waals surface area contributed by atoms with Crippen molar-refractivity contribution < 1.29 is 0 Å². The normalized spacial score (nSPS) is 20.8. The van der Waals surface area contributed by atoms with Crippen LogP contribution in [-0.4, -0.2) is 19.6 Å². The molecule has 0 bridgehead atoms. The zero-order chi connectivity index (χ0) is 13.7. The number of hydrogen-bond acceptors (Lipinski definition) is 2. The smallest absolute Gasteiger partial charge is 0.0414 e. The highest BCUT2D eigenvalue weighted by molar-refractivity contribution is 5.55. The van der Waals surface area contributed by atoms with Crippen LogP contribution in [0.2, 0.25) is 0 Å². The third kappa shape index (κ3) is 3.50. The molecule has 0 saturated carbocycles. The molecule has 1 aliphatic rings. The molecular weight excluding hydrogens is 232 g/mol. The van der Waals surface area contributed by atoms with Crippen LogP contribution in [0, 0.1) is 5.92 Å². The summed E-state index contributed by atoms with van der Waals surface area (Å²) in [5.74, 6) is 0.896. The van der Waals surface area contributed by atoms with E-state index in [9.17, 15) is 0 Å². The third-order valence-electron chi connectivity index (χ3n) is 4.24. The first-order chi connectivity index (χ1) is 9.26. The first-order valence-electron chi connectivity index (χ1n) is 7.83. The van der Waals surface area contributed by atoms with Crippen molar-refractivity contribution >= 4 is 5.69 Å². The minimum Gasteiger partial charge on any atom is -0.371 e. The Morgan fingerprint density at radius 2 is 2.11 bits per heavy atom. The fourth-order valence-electron chi connectivity index (χ4n) is 3.25. The molecule has 19 heavy (non-hydrogen) atoms. The topological polar surface area (TPSA) is 15.3 Å². The zero-order valence-corrected chi connectivity index (χ0v) is 12.7. The van der Waals surface area contributed by atoms with Crippen molar-refractivity contribution in [2.75, 3.05) is 24.5 Å². The molecule has 1 saturated heterocycles. The van der Waals surface area contributed by atoms with E-state index in [-0.39, 0.29) is 0 Å². The van der Waals surface area contributed by atoms with E-state index in [0.29, 0.717) is 6.04 Å². The first-order valence-corrected chi connectivity index (χ1v) is 7.83. The number of nitrogens with one attached hydrogen (secondary N) is 1. The van der Waals surface area contributed by atoms with Gasteiger partial charge in [-0.05, 0) is 43.9 Å². The lowest BCUT2D eigenvalue weighted by molar-refractivity contribution is 0.529. The van der Waals surface area contributed by atoms with E-state index in [2.05, 4.69) is 55.3 Å². The maximum Gasteiger partial charge on any atom is 0.0414 e. The lowest BCUT2D eigenvalue weighted by Crippen LogP contribution is -2.24. The first kappa shape index (κ1) is 14.4. The van der Waals surface area contributed by atoms with Crippen molar-refractivity contribution in [2.45, 2.75) is 46.1 Å². The standard InChI is InChI=1S/C17H28N2/c1-4-8-15-11-12-19(13-15)17-10-7-6-9-16(17)14(3)18-5-2/h6-7,9-10,14-15,18H,4-5,8,11-13H2,1-3H3. The summed E-state index contributed by atoms with van der Waals surface area (Å²) < 4.78 is 0. The van der Waals surface area contributed by atoms with E-state index < -0.39 is 0 Å². The maximum absolute atomic E-state index is 3.54. The molecule has 1 fully saturated rings. The van der Waals surface area contributed by atoms with Crippen LogP contribution < -0.4 is 10.2 Å². The molecule has 0 amide bonds. The molecule has 0 spiro atoms. The molecular formula is C17H28N2. The number of anilines is 1. The van der Waals surface area contributed by atoms with Crippen LogP contribution in [0.15, 0.2) is 24.3 Å². The second kappa shape index (κ2) is 6.95. The molecule has 1 aromatic rings. The minimum absolute atomic E-state index is 0.437. The minimum atomic E-state index is 0.437. The zero-order valence-electron chi connectivity index (χ0n) is 12.7. The Morgan fingerprint density at radius 3 is 2.84 bits per heavy atom. The summed E-state index contributed by atoms with van der Waals surface area (Å²) in [6.45, 7) is 10.2. The predicted molar refractivity (Wildman–Crippen MR) is 83.8 cm³/mol. The summed E-state index contributed by atoms with van der Waals surface area (Å²) >= 11 is 0. The molecule has 2 nitrogen and oxygen atoms in total. The average molecular weight is 260 g/mol. The summed E-state index contributed by atoms with van der Waals surface area (Å²) in [6.07, 6.45) is 4.05. The lowest BCUT2D eigenvalue weighted by atomic mass is 10.0. The Hall–Kier alpha value is -1.02. The van der Waals surface area contributed by atoms with Gasteiger partial charge < -0.3 is 10.2 Å². The number of hydrogen-bond donors (Lipinski definition) is 1. The Labute approximate surface area is 118 Å². The number of nitrogens with zero attached hydrogens (tertiary/aromatic N) is 1. The lowest BCUT2D eigenvalue weighted by Gasteiger charge is -2.25. The van der Waals surface area contributed by atoms with Crippen LogP contribution in [0.25, 0.3) is 0 Å². The van der Waals surface area contributed by atoms with E-state index >= 15 is 0 Å². The summed E-state index contributed by atoms with van der Waals surface area (Å²) in [6, 6.07) is 9.33. The van der Waals surface area contributed by atoms with E-state index in [0.717, 1.165) is 12.5 Å². The second-order valence-corrected chi connectivity index (χ2v) is 5.73. The van der Waals surface area contributed by atoms with Crippen molar-refractivity contribution in [2.24, 2.45) is 5.92 Å². The maximum atomic E-state index is 3.54. The molecule has 2 rings (SSSR count). The van der Waals surface area contributed by atoms with Gasteiger partial charge in [0.25, 0.3) is 0 Å². The molecule has 106 valence electrons. The number of rotatable bonds is 6. The fraction of sp³-hybridized carbons (Fsp3) is 0.647. The number of para-hydroxylation sites is 1. The van der Waals surface area contributed by atoms with E-state index in [4.69, 9.17) is 0 Å². The van der Waals surface area contributed by atoms with Gasteiger partial charge in [-0.3, -0.25) is 0 Å². The predicted octanol–water partition coefficient (Wildman–Crippen LogP) is 3.98. The highest BCUT2D eigenvalue weighted by Crippen LogP contribution is 2.31. The van der Waals surface area contributed by atoms with Crippen LogP contribution in [-0.2, 0) is 0 Å². The summed E-state index contributed by atoms with van der Waals surface area (Å²) in [4.78, 5) is 2.59. The second-order valence-electron chi connectivity index (χ2n) is 5.73. The Bertz CT molecular complexity index is 389. The van der Waals surface area contributed by atoms with Crippen molar-refractivity contribution in [3.8, 4) is 0 Å². The fourth-order valence-corrected chi connectivity index (χ4v) is 3.25. The SMILES string of the molecule is CCCC1CCN(c2ccccc2C(C)NCC)C1. The summed E-state index contributed by atoms with van der Waals surface area (Å²) in [5.41, 5.74) is 2.89. The Kier molecular flexibility index (Phi) is 5.26. The quantitative estimate of drug-likeness (QED) is 0.832. The molecule has 1 N–H and O–H groups in total. The van der Waals surface area contributed by atoms with E-state index in [1.54, 1.807) is 0 Å². The van der Waals surface area contributed by atoms with Crippen molar-refractivity contribution in [1.82, 2.24) is 5.32 Å². The summed E-state index contributed by atoms with van der Waals surface area (Å²) in [5, 5.41) is 3.54. The van der Waals surface area contributed by atoms with Gasteiger partial charge in [-0.25, -0.2) is 0 Å². The largest absolute Gasteiger partial charge is 0.371 e. The monoisotopic (exact) mass is 260 g/mol. The highest BCUT2D eigenvalue weighted by Gasteiger charge is 2.24. The van der Waals surface area contributed by atoms with E-state index in [1.807, 2.05) is 0 Å². The van der Waals surface area contributed by atoms with Gasteiger partial charge in [0.15, 0.2) is 0 Å². The van der Waals surface area contributed by atoms with Gasteiger partial charge in [-0.1, -0.05) is 38.5 Å². The third-order valence-corrected chi connectivity index (χ3v) is 4.24. The van der Waals surface area contributed by atoms with Gasteiger partial charge in [0, 0.05) is 24.8 Å². The molecule has 2 heteroatoms. The van der Waals surface area contributed by atoms with Crippen LogP contribution in [0.1, 0.15) is 51.6 Å². The van der Waals surface area contributed by atoms with Crippen molar-refractivity contribution in [3.05, 3.63) is 29.8 Å². The molecule has 2 unspecified atom stereocenters. The molecule has 0 aliphatic carbocycles. The Balaban J connectivity index is 2.12. The summed E-state index contributed by atoms with van der Waals surface area (Å²) in [7, 11) is 0. The van der Waals surface area contributed by atoms with Gasteiger partial charge in [0.05, 0.1) is 0 Å². The molecule has 0 radical (unpaired) electrons. The van der Waals surface area contributed by atoms with Crippen molar-refractivity contribution in [1.29, 1.82) is 0 Å². The van der Waals surface area contributed by atoms with Crippen LogP contribution in [0.3, 0.4) is 0 Å². The van der Waals surface area contributed by atoms with Gasteiger partial charge in [-0.2, -0.15) is 0 Å². The van der Waals surface area contributed by atoms with Crippen LogP contribution in [0.5, 0.6) is 0 Å². The molecule has 1 aromatic carbocycles. The van der Waals surface area contributed by atoms with Crippen LogP contribution >= 0.6 is 0 Å². The van der Waals surface area contributed by atoms with Crippen molar-refractivity contribution in [3.63, 3.8) is 0 Å². The van der Waals surface area contributed by atoms with Gasteiger partial charge in [0.1, 0.15) is 0 Å². The molecule has 1 heterocycles. The molecule has 0 aromatic heterocycles. The average Bonchev–Trinajstić information content (AvgIpc) is 2.88. The molecule has 1 aliphatic heterocycles. The van der Waals surface area contributed by atoms with Gasteiger partial charge >= 0.3 is 0 Å². The van der Waals surface area contributed by atoms with Gasteiger partial charge in [-0.15, -0.1) is 0 Å². The van der Waals surface area contributed by atoms with Gasteiger partial charge in [0.2, 0.25) is 0 Å². The van der Waals surface area contributed by atoms with Crippen LogP contribution in [0.4, 0.5) is 5.69 Å². The Morgan fingerprint density at radius 1 is 1.32 bits per heavy atom. The molecule has 2 atom stereocenters. The van der Waals surface area contributed by atoms with E-state index in [1.165, 1.54) is 43.6 Å². The number of benzene rings is 1.